The third kappa shape index (κ3) is 5.35. The van der Waals surface area contributed by atoms with E-state index in [9.17, 15) is 9.59 Å². The highest BCUT2D eigenvalue weighted by Gasteiger charge is 2.34. The van der Waals surface area contributed by atoms with E-state index in [1.54, 1.807) is 4.90 Å². The van der Waals surface area contributed by atoms with Gasteiger partial charge in [-0.2, -0.15) is 0 Å². The molecule has 5 heteroatoms. The highest BCUT2D eigenvalue weighted by Crippen LogP contribution is 2.30. The van der Waals surface area contributed by atoms with Crippen molar-refractivity contribution in [1.29, 1.82) is 0 Å². The van der Waals surface area contributed by atoms with Gasteiger partial charge in [0, 0.05) is 31.6 Å². The SMILES string of the molecule is CC(C)NC(=O)N1CC(C(=O)NCc2ccccc2)CC(c2ccccc2)C1. The number of amides is 3. The van der Waals surface area contributed by atoms with E-state index in [2.05, 4.69) is 22.8 Å². The smallest absolute Gasteiger partial charge is 0.317 e. The number of benzene rings is 2. The molecular formula is C23H29N3O2. The van der Waals surface area contributed by atoms with Crippen LogP contribution in [0.15, 0.2) is 60.7 Å². The molecule has 0 saturated carbocycles. The van der Waals surface area contributed by atoms with Crippen molar-refractivity contribution >= 4 is 11.9 Å². The molecule has 1 heterocycles. The van der Waals surface area contributed by atoms with Gasteiger partial charge >= 0.3 is 6.03 Å². The van der Waals surface area contributed by atoms with Crippen molar-refractivity contribution in [2.24, 2.45) is 5.92 Å². The molecule has 28 heavy (non-hydrogen) atoms. The van der Waals surface area contributed by atoms with Gasteiger partial charge in [0.2, 0.25) is 5.91 Å². The molecular weight excluding hydrogens is 350 g/mol. The van der Waals surface area contributed by atoms with E-state index in [-0.39, 0.29) is 29.8 Å². The van der Waals surface area contributed by atoms with Crippen molar-refractivity contribution in [1.82, 2.24) is 15.5 Å². The number of nitrogens with zero attached hydrogens (tertiary/aromatic N) is 1. The van der Waals surface area contributed by atoms with Gasteiger partial charge in [-0.05, 0) is 31.4 Å². The molecule has 1 aliphatic heterocycles. The van der Waals surface area contributed by atoms with Crippen LogP contribution in [0.5, 0.6) is 0 Å². The summed E-state index contributed by atoms with van der Waals surface area (Å²) in [6.07, 6.45) is 0.746. The molecule has 148 valence electrons. The van der Waals surface area contributed by atoms with E-state index >= 15 is 0 Å². The van der Waals surface area contributed by atoms with Gasteiger partial charge in [0.15, 0.2) is 0 Å². The quantitative estimate of drug-likeness (QED) is 0.835. The summed E-state index contributed by atoms with van der Waals surface area (Å²) in [4.78, 5) is 27.3. The first-order chi connectivity index (χ1) is 13.5. The molecule has 1 saturated heterocycles. The first-order valence-electron chi connectivity index (χ1n) is 9.95. The molecule has 5 nitrogen and oxygen atoms in total. The number of urea groups is 1. The molecule has 1 fully saturated rings. The van der Waals surface area contributed by atoms with Crippen molar-refractivity contribution < 1.29 is 9.59 Å². The fourth-order valence-electron chi connectivity index (χ4n) is 3.69. The third-order valence-corrected chi connectivity index (χ3v) is 5.10. The zero-order chi connectivity index (χ0) is 19.9. The molecule has 0 aromatic heterocycles. The molecule has 0 bridgehead atoms. The summed E-state index contributed by atoms with van der Waals surface area (Å²) < 4.78 is 0. The summed E-state index contributed by atoms with van der Waals surface area (Å²) in [5.41, 5.74) is 2.24. The average molecular weight is 380 g/mol. The van der Waals surface area contributed by atoms with Crippen LogP contribution in [0.3, 0.4) is 0 Å². The van der Waals surface area contributed by atoms with E-state index in [0.717, 1.165) is 12.0 Å². The molecule has 2 aromatic rings. The molecule has 3 amide bonds. The van der Waals surface area contributed by atoms with Gasteiger partial charge in [0.25, 0.3) is 0 Å². The largest absolute Gasteiger partial charge is 0.352 e. The number of hydrogen-bond donors (Lipinski definition) is 2. The molecule has 1 aliphatic rings. The first kappa shape index (κ1) is 19.9. The Labute approximate surface area is 167 Å². The normalized spacial score (nSPS) is 19.3. The topological polar surface area (TPSA) is 61.4 Å². The van der Waals surface area contributed by atoms with Crippen LogP contribution in [0.25, 0.3) is 0 Å². The fourth-order valence-corrected chi connectivity index (χ4v) is 3.69. The van der Waals surface area contributed by atoms with Crippen molar-refractivity contribution in [3.63, 3.8) is 0 Å². The molecule has 0 spiro atoms. The predicted molar refractivity (Wildman–Crippen MR) is 111 cm³/mol. The lowest BCUT2D eigenvalue weighted by molar-refractivity contribution is -0.126. The summed E-state index contributed by atoms with van der Waals surface area (Å²) in [5, 5.41) is 6.00. The number of likely N-dealkylation sites (tertiary alicyclic amines) is 1. The molecule has 2 atom stereocenters. The maximum atomic E-state index is 12.9. The van der Waals surface area contributed by atoms with E-state index in [1.807, 2.05) is 62.4 Å². The Morgan fingerprint density at radius 3 is 2.29 bits per heavy atom. The zero-order valence-corrected chi connectivity index (χ0v) is 16.6. The van der Waals surface area contributed by atoms with E-state index < -0.39 is 0 Å². The van der Waals surface area contributed by atoms with Crippen LogP contribution in [0.4, 0.5) is 4.79 Å². The maximum absolute atomic E-state index is 12.9. The van der Waals surface area contributed by atoms with Gasteiger partial charge in [-0.15, -0.1) is 0 Å². The van der Waals surface area contributed by atoms with Crippen LogP contribution in [0, 0.1) is 5.92 Å². The monoisotopic (exact) mass is 379 g/mol. The number of carbonyl (C=O) groups is 2. The van der Waals surface area contributed by atoms with Crippen LogP contribution < -0.4 is 10.6 Å². The second-order valence-corrected chi connectivity index (χ2v) is 7.75. The van der Waals surface area contributed by atoms with Gasteiger partial charge in [-0.3, -0.25) is 4.79 Å². The van der Waals surface area contributed by atoms with Crippen LogP contribution in [0.2, 0.25) is 0 Å². The van der Waals surface area contributed by atoms with Crippen molar-refractivity contribution in [2.45, 2.75) is 38.8 Å². The van der Waals surface area contributed by atoms with Crippen LogP contribution >= 0.6 is 0 Å². The maximum Gasteiger partial charge on any atom is 0.317 e. The highest BCUT2D eigenvalue weighted by molar-refractivity contribution is 5.81. The molecule has 2 aromatic carbocycles. The fraction of sp³-hybridized carbons (Fsp3) is 0.391. The van der Waals surface area contributed by atoms with Crippen molar-refractivity contribution in [3.05, 3.63) is 71.8 Å². The number of piperidine rings is 1. The lowest BCUT2D eigenvalue weighted by Crippen LogP contribution is -2.52. The average Bonchev–Trinajstić information content (AvgIpc) is 2.72. The third-order valence-electron chi connectivity index (χ3n) is 5.10. The molecule has 0 aliphatic carbocycles. The van der Waals surface area contributed by atoms with Crippen LogP contribution in [0.1, 0.15) is 37.3 Å². The number of nitrogens with one attached hydrogen (secondary N) is 2. The Morgan fingerprint density at radius 1 is 1.00 bits per heavy atom. The summed E-state index contributed by atoms with van der Waals surface area (Å²) in [7, 11) is 0. The molecule has 2 unspecified atom stereocenters. The number of rotatable bonds is 5. The Kier molecular flexibility index (Phi) is 6.69. The minimum Gasteiger partial charge on any atom is -0.352 e. The summed E-state index contributed by atoms with van der Waals surface area (Å²) >= 11 is 0. The predicted octanol–water partition coefficient (Wildman–Crippen LogP) is 3.53. The standard InChI is InChI=1S/C23H29N3O2/c1-17(2)25-23(28)26-15-20(19-11-7-4-8-12-19)13-21(16-26)22(27)24-14-18-9-5-3-6-10-18/h3-12,17,20-21H,13-16H2,1-2H3,(H,24,27)(H,25,28). The van der Waals surface area contributed by atoms with Gasteiger partial charge < -0.3 is 15.5 Å². The summed E-state index contributed by atoms with van der Waals surface area (Å²) in [6.45, 7) is 5.47. The second-order valence-electron chi connectivity index (χ2n) is 7.75. The Morgan fingerprint density at radius 2 is 1.64 bits per heavy atom. The molecule has 3 rings (SSSR count). The lowest BCUT2D eigenvalue weighted by atomic mass is 9.84. The van der Waals surface area contributed by atoms with Crippen LogP contribution in [-0.4, -0.2) is 36.0 Å². The first-order valence-corrected chi connectivity index (χ1v) is 9.95. The van der Waals surface area contributed by atoms with Gasteiger partial charge in [-0.1, -0.05) is 60.7 Å². The Hall–Kier alpha value is -2.82. The van der Waals surface area contributed by atoms with E-state index in [1.165, 1.54) is 5.56 Å². The van der Waals surface area contributed by atoms with Gasteiger partial charge in [0.1, 0.15) is 0 Å². The second kappa shape index (κ2) is 9.40. The van der Waals surface area contributed by atoms with E-state index in [4.69, 9.17) is 0 Å². The zero-order valence-electron chi connectivity index (χ0n) is 16.6. The minimum atomic E-state index is -0.222. The van der Waals surface area contributed by atoms with Crippen molar-refractivity contribution in [2.75, 3.05) is 13.1 Å². The summed E-state index contributed by atoms with van der Waals surface area (Å²) in [5.74, 6) is -0.0623. The number of hydrogen-bond acceptors (Lipinski definition) is 2. The van der Waals surface area contributed by atoms with Gasteiger partial charge in [-0.25, -0.2) is 4.79 Å². The molecule has 2 N–H and O–H groups in total. The minimum absolute atomic E-state index is 0.00633. The van der Waals surface area contributed by atoms with Gasteiger partial charge in [0.05, 0.1) is 5.92 Å². The molecule has 0 radical (unpaired) electrons. The Balaban J connectivity index is 1.71. The lowest BCUT2D eigenvalue weighted by Gasteiger charge is -2.37. The highest BCUT2D eigenvalue weighted by atomic mass is 16.2. The number of carbonyl (C=O) groups excluding carboxylic acids is 2. The van der Waals surface area contributed by atoms with Crippen LogP contribution in [-0.2, 0) is 11.3 Å². The summed E-state index contributed by atoms with van der Waals surface area (Å²) in [6, 6.07) is 20.0. The van der Waals surface area contributed by atoms with Crippen molar-refractivity contribution in [3.8, 4) is 0 Å². The van der Waals surface area contributed by atoms with E-state index in [0.29, 0.717) is 19.6 Å². The Bertz CT molecular complexity index is 777.